The summed E-state index contributed by atoms with van der Waals surface area (Å²) in [6, 6.07) is 21.1. The molecule has 0 N–H and O–H groups in total. The second kappa shape index (κ2) is 7.37. The Morgan fingerprint density at radius 3 is 1.86 bits per heavy atom. The summed E-state index contributed by atoms with van der Waals surface area (Å²) >= 11 is 0. The molecule has 0 saturated heterocycles. The van der Waals surface area contributed by atoms with Crippen LogP contribution in [0.3, 0.4) is 0 Å². The number of hydrogen-bond donors (Lipinski definition) is 0. The molecule has 0 heterocycles. The van der Waals surface area contributed by atoms with E-state index in [0.717, 1.165) is 38.9 Å². The highest BCUT2D eigenvalue weighted by Crippen LogP contribution is 2.23. The monoisotopic (exact) mass is 293 g/mol. The topological polar surface area (TPSA) is 20.3 Å². The van der Waals surface area contributed by atoms with Crippen molar-refractivity contribution in [3.63, 3.8) is 0 Å². The molecule has 2 aromatic carbocycles. The molecule has 22 heavy (non-hydrogen) atoms. The molecular formula is C20H23NO. The molecule has 114 valence electrons. The highest BCUT2D eigenvalue weighted by Gasteiger charge is 2.26. The molecule has 0 amide bonds. The molecule has 1 aliphatic rings. The van der Waals surface area contributed by atoms with Gasteiger partial charge in [0.25, 0.3) is 0 Å². The molecule has 2 heteroatoms. The second-order valence-corrected chi connectivity index (χ2v) is 6.20. The third-order valence-corrected chi connectivity index (χ3v) is 4.41. The summed E-state index contributed by atoms with van der Waals surface area (Å²) in [5.41, 5.74) is 2.62. The van der Waals surface area contributed by atoms with Gasteiger partial charge in [0.15, 0.2) is 0 Å². The van der Waals surface area contributed by atoms with Gasteiger partial charge in [0.2, 0.25) is 0 Å². The molecule has 0 aliphatic heterocycles. The molecule has 1 unspecified atom stereocenters. The van der Waals surface area contributed by atoms with Gasteiger partial charge < -0.3 is 0 Å². The minimum absolute atomic E-state index is 0.229. The molecule has 1 atom stereocenters. The van der Waals surface area contributed by atoms with Crippen molar-refractivity contribution in [2.24, 2.45) is 5.92 Å². The SMILES string of the molecule is O=C1CCCC1CN(Cc1ccccc1)Cc1ccccc1. The Morgan fingerprint density at radius 2 is 1.41 bits per heavy atom. The third kappa shape index (κ3) is 4.05. The second-order valence-electron chi connectivity index (χ2n) is 6.20. The number of benzene rings is 2. The van der Waals surface area contributed by atoms with Gasteiger partial charge in [-0.15, -0.1) is 0 Å². The lowest BCUT2D eigenvalue weighted by molar-refractivity contribution is -0.121. The van der Waals surface area contributed by atoms with Crippen molar-refractivity contribution in [1.82, 2.24) is 4.90 Å². The molecular weight excluding hydrogens is 270 g/mol. The van der Waals surface area contributed by atoms with Crippen LogP contribution in [-0.4, -0.2) is 17.2 Å². The van der Waals surface area contributed by atoms with Crippen LogP contribution in [0.15, 0.2) is 60.7 Å². The van der Waals surface area contributed by atoms with E-state index in [9.17, 15) is 4.79 Å². The molecule has 1 aliphatic carbocycles. The first-order chi connectivity index (χ1) is 10.8. The highest BCUT2D eigenvalue weighted by molar-refractivity contribution is 5.83. The average Bonchev–Trinajstić information content (AvgIpc) is 2.94. The van der Waals surface area contributed by atoms with Crippen LogP contribution in [0.1, 0.15) is 30.4 Å². The van der Waals surface area contributed by atoms with Crippen LogP contribution in [-0.2, 0) is 17.9 Å². The van der Waals surface area contributed by atoms with Gasteiger partial charge in [0, 0.05) is 32.0 Å². The fraction of sp³-hybridized carbons (Fsp3) is 0.350. The van der Waals surface area contributed by atoms with Gasteiger partial charge in [-0.2, -0.15) is 0 Å². The first-order valence-corrected chi connectivity index (χ1v) is 8.14. The van der Waals surface area contributed by atoms with E-state index < -0.39 is 0 Å². The maximum atomic E-state index is 12.0. The maximum absolute atomic E-state index is 12.0. The van der Waals surface area contributed by atoms with Gasteiger partial charge in [0.05, 0.1) is 0 Å². The van der Waals surface area contributed by atoms with Crippen molar-refractivity contribution in [2.75, 3.05) is 6.54 Å². The minimum atomic E-state index is 0.229. The number of carbonyl (C=O) groups is 1. The number of hydrogen-bond acceptors (Lipinski definition) is 2. The van der Waals surface area contributed by atoms with Crippen molar-refractivity contribution in [3.05, 3.63) is 71.8 Å². The molecule has 0 spiro atoms. The van der Waals surface area contributed by atoms with E-state index >= 15 is 0 Å². The van der Waals surface area contributed by atoms with Crippen molar-refractivity contribution < 1.29 is 4.79 Å². The quantitative estimate of drug-likeness (QED) is 0.800. The van der Waals surface area contributed by atoms with Crippen LogP contribution in [0.2, 0.25) is 0 Å². The standard InChI is InChI=1S/C20H23NO/c22-20-13-7-12-19(20)16-21(14-17-8-3-1-4-9-17)15-18-10-5-2-6-11-18/h1-6,8-11,19H,7,12-16H2. The molecule has 0 radical (unpaired) electrons. The average molecular weight is 293 g/mol. The van der Waals surface area contributed by atoms with Crippen molar-refractivity contribution in [1.29, 1.82) is 0 Å². The number of rotatable bonds is 6. The maximum Gasteiger partial charge on any atom is 0.137 e. The Kier molecular flexibility index (Phi) is 5.02. The van der Waals surface area contributed by atoms with Gasteiger partial charge in [-0.05, 0) is 24.0 Å². The van der Waals surface area contributed by atoms with Crippen LogP contribution < -0.4 is 0 Å². The summed E-state index contributed by atoms with van der Waals surface area (Å²) in [7, 11) is 0. The Morgan fingerprint density at radius 1 is 0.864 bits per heavy atom. The number of Topliss-reactive ketones (excluding diaryl/α,β-unsaturated/α-hetero) is 1. The summed E-state index contributed by atoms with van der Waals surface area (Å²) in [6.45, 7) is 2.68. The summed E-state index contributed by atoms with van der Waals surface area (Å²) in [6.07, 6.45) is 2.89. The highest BCUT2D eigenvalue weighted by atomic mass is 16.1. The zero-order chi connectivity index (χ0) is 15.2. The summed E-state index contributed by atoms with van der Waals surface area (Å²) in [4.78, 5) is 14.4. The Balaban J connectivity index is 1.71. The minimum Gasteiger partial charge on any atom is -0.299 e. The van der Waals surface area contributed by atoms with E-state index in [1.807, 2.05) is 12.1 Å². The largest absolute Gasteiger partial charge is 0.299 e. The van der Waals surface area contributed by atoms with Gasteiger partial charge in [-0.1, -0.05) is 60.7 Å². The predicted octanol–water partition coefficient (Wildman–Crippen LogP) is 4.06. The van der Waals surface area contributed by atoms with Gasteiger partial charge in [0.1, 0.15) is 5.78 Å². The number of ketones is 1. The van der Waals surface area contributed by atoms with Crippen LogP contribution in [0, 0.1) is 5.92 Å². The lowest BCUT2D eigenvalue weighted by Crippen LogP contribution is -2.30. The fourth-order valence-electron chi connectivity index (χ4n) is 3.26. The van der Waals surface area contributed by atoms with Gasteiger partial charge in [-0.25, -0.2) is 0 Å². The summed E-state index contributed by atoms with van der Waals surface area (Å²) in [5, 5.41) is 0. The van der Waals surface area contributed by atoms with E-state index in [0.29, 0.717) is 5.78 Å². The van der Waals surface area contributed by atoms with E-state index in [2.05, 4.69) is 53.4 Å². The smallest absolute Gasteiger partial charge is 0.137 e. The lowest BCUT2D eigenvalue weighted by atomic mass is 10.1. The summed E-state index contributed by atoms with van der Waals surface area (Å²) in [5.74, 6) is 0.679. The normalized spacial score (nSPS) is 18.0. The van der Waals surface area contributed by atoms with Crippen molar-refractivity contribution >= 4 is 5.78 Å². The lowest BCUT2D eigenvalue weighted by Gasteiger charge is -2.25. The molecule has 0 bridgehead atoms. The van der Waals surface area contributed by atoms with E-state index in [1.54, 1.807) is 0 Å². The third-order valence-electron chi connectivity index (χ3n) is 4.41. The van der Waals surface area contributed by atoms with Gasteiger partial charge >= 0.3 is 0 Å². The van der Waals surface area contributed by atoms with E-state index in [1.165, 1.54) is 11.1 Å². The molecule has 1 fully saturated rings. The molecule has 0 aromatic heterocycles. The van der Waals surface area contributed by atoms with E-state index in [4.69, 9.17) is 0 Å². The summed E-state index contributed by atoms with van der Waals surface area (Å²) < 4.78 is 0. The Labute approximate surface area is 132 Å². The fourth-order valence-corrected chi connectivity index (χ4v) is 3.26. The zero-order valence-electron chi connectivity index (χ0n) is 12.9. The number of nitrogens with zero attached hydrogens (tertiary/aromatic N) is 1. The van der Waals surface area contributed by atoms with Crippen molar-refractivity contribution in [2.45, 2.75) is 32.4 Å². The van der Waals surface area contributed by atoms with Crippen LogP contribution in [0.4, 0.5) is 0 Å². The van der Waals surface area contributed by atoms with Crippen molar-refractivity contribution in [3.8, 4) is 0 Å². The first kappa shape index (κ1) is 15.0. The van der Waals surface area contributed by atoms with Crippen LogP contribution in [0.25, 0.3) is 0 Å². The van der Waals surface area contributed by atoms with Gasteiger partial charge in [-0.3, -0.25) is 9.69 Å². The molecule has 2 nitrogen and oxygen atoms in total. The molecule has 3 rings (SSSR count). The first-order valence-electron chi connectivity index (χ1n) is 8.14. The number of carbonyl (C=O) groups excluding carboxylic acids is 1. The molecule has 2 aromatic rings. The predicted molar refractivity (Wildman–Crippen MR) is 89.3 cm³/mol. The van der Waals surface area contributed by atoms with Crippen LogP contribution >= 0.6 is 0 Å². The molecule has 1 saturated carbocycles. The van der Waals surface area contributed by atoms with E-state index in [-0.39, 0.29) is 5.92 Å². The Hall–Kier alpha value is -1.93. The Bertz CT molecular complexity index is 552. The zero-order valence-corrected chi connectivity index (χ0v) is 12.9. The van der Waals surface area contributed by atoms with Crippen LogP contribution in [0.5, 0.6) is 0 Å².